The van der Waals surface area contributed by atoms with E-state index < -0.39 is 5.97 Å². The van der Waals surface area contributed by atoms with Gasteiger partial charge < -0.3 is 9.15 Å². The van der Waals surface area contributed by atoms with E-state index in [2.05, 4.69) is 0 Å². The van der Waals surface area contributed by atoms with Crippen LogP contribution in [0.25, 0.3) is 6.08 Å². The van der Waals surface area contributed by atoms with Crippen molar-refractivity contribution in [2.45, 2.75) is 0 Å². The first kappa shape index (κ1) is 12.7. The van der Waals surface area contributed by atoms with Crippen molar-refractivity contribution in [2.75, 3.05) is 0 Å². The first-order valence-corrected chi connectivity index (χ1v) is 5.80. The highest BCUT2D eigenvalue weighted by atomic mass is 35.5. The molecule has 0 fully saturated rings. The lowest BCUT2D eigenvalue weighted by Crippen LogP contribution is -2.04. The lowest BCUT2D eigenvalue weighted by molar-refractivity contribution is -0.128. The molecule has 3 nitrogen and oxygen atoms in total. The molecule has 0 amide bonds. The van der Waals surface area contributed by atoms with Gasteiger partial charge in [-0.25, -0.2) is 4.79 Å². The van der Waals surface area contributed by atoms with Crippen molar-refractivity contribution in [2.24, 2.45) is 0 Å². The largest absolute Gasteiger partial charge is 0.465 e. The number of rotatable bonds is 3. The van der Waals surface area contributed by atoms with E-state index in [0.717, 1.165) is 0 Å². The van der Waals surface area contributed by atoms with Crippen LogP contribution in [0.5, 0.6) is 5.75 Å². The Morgan fingerprint density at radius 1 is 1.22 bits per heavy atom. The Kier molecular flexibility index (Phi) is 4.07. The molecule has 2 rings (SSSR count). The van der Waals surface area contributed by atoms with Crippen LogP contribution >= 0.6 is 23.2 Å². The van der Waals surface area contributed by atoms with Gasteiger partial charge in [0.15, 0.2) is 5.75 Å². The highest BCUT2D eigenvalue weighted by Gasteiger charge is 2.08. The first-order valence-electron chi connectivity index (χ1n) is 5.04. The second-order valence-electron chi connectivity index (χ2n) is 3.32. The molecule has 0 radical (unpaired) electrons. The van der Waals surface area contributed by atoms with Gasteiger partial charge in [0.2, 0.25) is 0 Å². The average molecular weight is 283 g/mol. The molecule has 0 saturated heterocycles. The van der Waals surface area contributed by atoms with Gasteiger partial charge in [-0.05, 0) is 30.3 Å². The summed E-state index contributed by atoms with van der Waals surface area (Å²) in [5, 5.41) is 0.538. The molecule has 5 heteroatoms. The van der Waals surface area contributed by atoms with Crippen molar-refractivity contribution >= 4 is 35.2 Å². The normalized spacial score (nSPS) is 10.8. The fourth-order valence-electron chi connectivity index (χ4n) is 1.24. The maximum Gasteiger partial charge on any atom is 0.336 e. The van der Waals surface area contributed by atoms with Crippen molar-refractivity contribution in [1.82, 2.24) is 0 Å². The summed E-state index contributed by atoms with van der Waals surface area (Å²) in [5.41, 5.74) is 0. The molecule has 1 heterocycles. The minimum Gasteiger partial charge on any atom is -0.465 e. The number of hydrogen-bond donors (Lipinski definition) is 0. The van der Waals surface area contributed by atoms with Crippen molar-refractivity contribution < 1.29 is 13.9 Å². The monoisotopic (exact) mass is 282 g/mol. The Morgan fingerprint density at radius 3 is 2.78 bits per heavy atom. The van der Waals surface area contributed by atoms with Gasteiger partial charge >= 0.3 is 5.97 Å². The molecule has 0 atom stereocenters. The van der Waals surface area contributed by atoms with Crippen LogP contribution in [-0.2, 0) is 4.79 Å². The fraction of sp³-hybridized carbons (Fsp3) is 0. The second kappa shape index (κ2) is 5.76. The highest BCUT2D eigenvalue weighted by Crippen LogP contribution is 2.31. The van der Waals surface area contributed by atoms with E-state index in [-0.39, 0.29) is 10.8 Å². The van der Waals surface area contributed by atoms with E-state index in [1.807, 2.05) is 0 Å². The molecular weight excluding hydrogens is 275 g/mol. The van der Waals surface area contributed by atoms with Crippen molar-refractivity contribution in [3.63, 3.8) is 0 Å². The molecule has 1 aromatic carbocycles. The summed E-state index contributed by atoms with van der Waals surface area (Å²) in [4.78, 5) is 11.5. The standard InChI is InChI=1S/C13H8Cl2O3/c14-10-4-1-5-11(13(10)15)18-12(16)7-6-9-3-2-8-17-9/h1-8H/b7-6+. The SMILES string of the molecule is O=C(/C=C/c1ccco1)Oc1cccc(Cl)c1Cl. The van der Waals surface area contributed by atoms with Crippen LogP contribution in [0.4, 0.5) is 0 Å². The van der Waals surface area contributed by atoms with Gasteiger partial charge in [0.25, 0.3) is 0 Å². The molecule has 92 valence electrons. The van der Waals surface area contributed by atoms with Crippen LogP contribution in [0.1, 0.15) is 5.76 Å². The molecule has 0 aliphatic carbocycles. The summed E-state index contributed by atoms with van der Waals surface area (Å²) in [6.07, 6.45) is 4.26. The molecule has 1 aromatic heterocycles. The van der Waals surface area contributed by atoms with Crippen LogP contribution in [0, 0.1) is 0 Å². The van der Waals surface area contributed by atoms with Crippen molar-refractivity contribution in [3.05, 3.63) is 58.5 Å². The van der Waals surface area contributed by atoms with Crippen LogP contribution in [0.15, 0.2) is 47.1 Å². The highest BCUT2D eigenvalue weighted by molar-refractivity contribution is 6.43. The van der Waals surface area contributed by atoms with Gasteiger partial charge in [-0.15, -0.1) is 0 Å². The average Bonchev–Trinajstić information content (AvgIpc) is 2.86. The van der Waals surface area contributed by atoms with Gasteiger partial charge in [-0.1, -0.05) is 29.3 Å². The number of esters is 1. The summed E-state index contributed by atoms with van der Waals surface area (Å²) in [6.45, 7) is 0. The lowest BCUT2D eigenvalue weighted by Gasteiger charge is -2.04. The zero-order chi connectivity index (χ0) is 13.0. The molecule has 0 N–H and O–H groups in total. The van der Waals surface area contributed by atoms with E-state index in [9.17, 15) is 4.79 Å². The molecule has 0 aliphatic heterocycles. The molecule has 0 saturated carbocycles. The lowest BCUT2D eigenvalue weighted by atomic mass is 10.3. The molecule has 2 aromatic rings. The number of hydrogen-bond acceptors (Lipinski definition) is 3. The second-order valence-corrected chi connectivity index (χ2v) is 4.11. The minimum atomic E-state index is -0.560. The molecule has 0 spiro atoms. The number of ether oxygens (including phenoxy) is 1. The Hall–Kier alpha value is -1.71. The fourth-order valence-corrected chi connectivity index (χ4v) is 1.57. The van der Waals surface area contributed by atoms with E-state index in [4.69, 9.17) is 32.4 Å². The smallest absolute Gasteiger partial charge is 0.336 e. The Balaban J connectivity index is 2.05. The van der Waals surface area contributed by atoms with Gasteiger partial charge in [0.1, 0.15) is 10.8 Å². The third-order valence-corrected chi connectivity index (χ3v) is 2.86. The summed E-state index contributed by atoms with van der Waals surface area (Å²) in [6, 6.07) is 8.26. The summed E-state index contributed by atoms with van der Waals surface area (Å²) < 4.78 is 10.1. The van der Waals surface area contributed by atoms with Crippen LogP contribution in [-0.4, -0.2) is 5.97 Å². The van der Waals surface area contributed by atoms with E-state index in [0.29, 0.717) is 10.8 Å². The molecule has 0 bridgehead atoms. The number of carbonyl (C=O) groups excluding carboxylic acids is 1. The van der Waals surface area contributed by atoms with Crippen molar-refractivity contribution in [1.29, 1.82) is 0 Å². The number of furan rings is 1. The van der Waals surface area contributed by atoms with Crippen molar-refractivity contribution in [3.8, 4) is 5.75 Å². The predicted octanol–water partition coefficient (Wildman–Crippen LogP) is 4.21. The molecule has 0 unspecified atom stereocenters. The predicted molar refractivity (Wildman–Crippen MR) is 69.8 cm³/mol. The summed E-state index contributed by atoms with van der Waals surface area (Å²) in [7, 11) is 0. The number of carbonyl (C=O) groups is 1. The van der Waals surface area contributed by atoms with Gasteiger partial charge in [-0.2, -0.15) is 0 Å². The zero-order valence-corrected chi connectivity index (χ0v) is 10.6. The maximum absolute atomic E-state index is 11.5. The van der Waals surface area contributed by atoms with Gasteiger partial charge in [0, 0.05) is 6.08 Å². The molecule has 18 heavy (non-hydrogen) atoms. The topological polar surface area (TPSA) is 39.4 Å². The maximum atomic E-state index is 11.5. The van der Waals surface area contributed by atoms with Crippen LogP contribution < -0.4 is 4.74 Å². The summed E-state index contributed by atoms with van der Waals surface area (Å²) >= 11 is 11.7. The number of halogens is 2. The molecular formula is C13H8Cl2O3. The Bertz CT molecular complexity index is 574. The van der Waals surface area contributed by atoms with E-state index >= 15 is 0 Å². The quantitative estimate of drug-likeness (QED) is 0.481. The van der Waals surface area contributed by atoms with Gasteiger partial charge in [0.05, 0.1) is 11.3 Å². The summed E-state index contributed by atoms with van der Waals surface area (Å²) in [5.74, 6) is 0.220. The Labute approximate surface area is 114 Å². The van der Waals surface area contributed by atoms with E-state index in [1.165, 1.54) is 18.4 Å². The van der Waals surface area contributed by atoms with E-state index in [1.54, 1.807) is 30.3 Å². The van der Waals surface area contributed by atoms with Gasteiger partial charge in [-0.3, -0.25) is 0 Å². The van der Waals surface area contributed by atoms with Crippen LogP contribution in [0.2, 0.25) is 10.0 Å². The first-order chi connectivity index (χ1) is 8.66. The third-order valence-electron chi connectivity index (χ3n) is 2.05. The number of benzene rings is 1. The third kappa shape index (κ3) is 3.15. The zero-order valence-electron chi connectivity index (χ0n) is 9.10. The molecule has 0 aliphatic rings. The minimum absolute atomic E-state index is 0.207. The Morgan fingerprint density at radius 2 is 2.06 bits per heavy atom. The van der Waals surface area contributed by atoms with Crippen LogP contribution in [0.3, 0.4) is 0 Å².